The van der Waals surface area contributed by atoms with E-state index < -0.39 is 0 Å². The van der Waals surface area contributed by atoms with Crippen molar-refractivity contribution in [1.29, 1.82) is 0 Å². The number of aromatic nitrogens is 2. The van der Waals surface area contributed by atoms with Gasteiger partial charge in [-0.3, -0.25) is 4.68 Å². The van der Waals surface area contributed by atoms with Crippen molar-refractivity contribution in [2.45, 2.75) is 50.0 Å². The van der Waals surface area contributed by atoms with Gasteiger partial charge < -0.3 is 10.6 Å². The summed E-state index contributed by atoms with van der Waals surface area (Å²) in [7, 11) is 0. The van der Waals surface area contributed by atoms with Gasteiger partial charge in [-0.15, -0.1) is 0 Å². The van der Waals surface area contributed by atoms with Crippen LogP contribution in [0.5, 0.6) is 0 Å². The minimum Gasteiger partial charge on any atom is -0.325 e. The predicted molar refractivity (Wildman–Crippen MR) is 122 cm³/mol. The molecule has 1 aliphatic heterocycles. The van der Waals surface area contributed by atoms with Gasteiger partial charge in [0.2, 0.25) is 5.96 Å². The van der Waals surface area contributed by atoms with Gasteiger partial charge in [0.05, 0.1) is 22.8 Å². The molecule has 0 spiro atoms. The summed E-state index contributed by atoms with van der Waals surface area (Å²) in [5.74, 6) is 1.28. The summed E-state index contributed by atoms with van der Waals surface area (Å²) in [5.41, 5.74) is 5.75. The van der Waals surface area contributed by atoms with Crippen LogP contribution in [0.25, 0.3) is 11.1 Å². The minimum atomic E-state index is 0.528. The van der Waals surface area contributed by atoms with E-state index >= 15 is 0 Å². The van der Waals surface area contributed by atoms with Crippen LogP contribution >= 0.6 is 11.9 Å². The highest BCUT2D eigenvalue weighted by Gasteiger charge is 2.22. The lowest BCUT2D eigenvalue weighted by Crippen LogP contribution is -2.24. The zero-order chi connectivity index (χ0) is 19.8. The maximum absolute atomic E-state index is 4.61. The van der Waals surface area contributed by atoms with Crippen LogP contribution < -0.4 is 10.6 Å². The number of hydrogen-bond acceptors (Lipinski definition) is 5. The first-order chi connectivity index (χ1) is 14.2. The molecule has 1 aromatic heterocycles. The molecule has 0 amide bonds. The Kier molecular flexibility index (Phi) is 4.79. The van der Waals surface area contributed by atoms with Crippen LogP contribution in [-0.4, -0.2) is 15.7 Å². The largest absolute Gasteiger partial charge is 0.325 e. The van der Waals surface area contributed by atoms with Gasteiger partial charge in [0, 0.05) is 35.0 Å². The zero-order valence-corrected chi connectivity index (χ0v) is 17.5. The van der Waals surface area contributed by atoms with E-state index in [9.17, 15) is 0 Å². The molecule has 2 N–H and O–H groups in total. The van der Waals surface area contributed by atoms with Crippen LogP contribution in [0.15, 0.2) is 64.2 Å². The second-order valence-corrected chi connectivity index (χ2v) is 8.84. The minimum absolute atomic E-state index is 0.528. The summed E-state index contributed by atoms with van der Waals surface area (Å²) in [6, 6.07) is 15.4. The molecular formula is C23H25N5S. The number of nitrogens with one attached hydrogen (secondary N) is 2. The predicted octanol–water partition coefficient (Wildman–Crippen LogP) is 6.30. The molecule has 2 heterocycles. The van der Waals surface area contributed by atoms with Crippen LogP contribution in [0, 0.1) is 0 Å². The number of para-hydroxylation sites is 1. The van der Waals surface area contributed by atoms with E-state index in [1.54, 1.807) is 0 Å². The Balaban J connectivity index is 1.37. The third kappa shape index (κ3) is 3.65. The zero-order valence-electron chi connectivity index (χ0n) is 16.7. The topological polar surface area (TPSA) is 54.2 Å². The summed E-state index contributed by atoms with van der Waals surface area (Å²) in [6.07, 6.45) is 7.93. The molecule has 0 atom stereocenters. The lowest BCUT2D eigenvalue weighted by Gasteiger charge is -2.25. The van der Waals surface area contributed by atoms with E-state index in [1.807, 2.05) is 6.20 Å². The average molecular weight is 404 g/mol. The van der Waals surface area contributed by atoms with Crippen molar-refractivity contribution >= 4 is 29.3 Å². The summed E-state index contributed by atoms with van der Waals surface area (Å²) >= 11 is 1.50. The summed E-state index contributed by atoms with van der Waals surface area (Å²) in [5, 5.41) is 11.5. The van der Waals surface area contributed by atoms with Crippen molar-refractivity contribution < 1.29 is 0 Å². The van der Waals surface area contributed by atoms with Crippen molar-refractivity contribution in [1.82, 2.24) is 9.78 Å². The number of fused-ring (bicyclic) bond motifs is 1. The Morgan fingerprint density at radius 3 is 2.69 bits per heavy atom. The number of nitrogens with zero attached hydrogens (tertiary/aromatic N) is 3. The maximum Gasteiger partial charge on any atom is 0.212 e. The first kappa shape index (κ1) is 18.3. The lowest BCUT2D eigenvalue weighted by atomic mass is 9.93. The molecule has 0 unspecified atom stereocenters. The molecule has 5 rings (SSSR count). The van der Waals surface area contributed by atoms with E-state index in [0.29, 0.717) is 12.0 Å². The molecule has 0 saturated heterocycles. The fourth-order valence-electron chi connectivity index (χ4n) is 3.68. The van der Waals surface area contributed by atoms with E-state index in [0.717, 1.165) is 33.4 Å². The molecule has 0 radical (unpaired) electrons. The van der Waals surface area contributed by atoms with Crippen LogP contribution in [-0.2, 0) is 0 Å². The molecule has 1 aliphatic carbocycles. The SMILES string of the molecule is CC(C)c1ccc(NC2=NSc3cccc(-c4cnn(C5CCC5)c4)c3N2)cc1. The molecule has 3 aromatic rings. The maximum atomic E-state index is 4.61. The number of hydrogen-bond donors (Lipinski definition) is 2. The summed E-state index contributed by atoms with van der Waals surface area (Å²) in [6.45, 7) is 4.41. The third-order valence-electron chi connectivity index (χ3n) is 5.71. The highest BCUT2D eigenvalue weighted by atomic mass is 32.2. The molecule has 148 valence electrons. The summed E-state index contributed by atoms with van der Waals surface area (Å²) in [4.78, 5) is 1.12. The van der Waals surface area contributed by atoms with E-state index in [1.165, 1.54) is 36.8 Å². The molecule has 2 aliphatic rings. The Labute approximate surface area is 175 Å². The summed E-state index contributed by atoms with van der Waals surface area (Å²) < 4.78 is 6.73. The lowest BCUT2D eigenvalue weighted by molar-refractivity contribution is 0.289. The quantitative estimate of drug-likeness (QED) is 0.502. The van der Waals surface area contributed by atoms with Gasteiger partial charge in [0.25, 0.3) is 0 Å². The number of anilines is 2. The molecule has 1 saturated carbocycles. The molecule has 2 aromatic carbocycles. The molecular weight excluding hydrogens is 378 g/mol. The number of guanidine groups is 1. The Morgan fingerprint density at radius 2 is 1.97 bits per heavy atom. The standard InChI is InChI=1S/C23H25N5S/c1-15(2)16-9-11-18(12-10-16)25-23-26-22-20(7-4-8-21(22)29-27-23)17-13-24-28(14-17)19-5-3-6-19/h4,7-15,19H,3,5-6H2,1-2H3,(H2,25,26,27). The average Bonchev–Trinajstić information content (AvgIpc) is 3.15. The molecule has 1 fully saturated rings. The molecule has 29 heavy (non-hydrogen) atoms. The monoisotopic (exact) mass is 403 g/mol. The van der Waals surface area contributed by atoms with E-state index in [-0.39, 0.29) is 0 Å². The van der Waals surface area contributed by atoms with Crippen LogP contribution in [0.1, 0.15) is 50.6 Å². The van der Waals surface area contributed by atoms with Gasteiger partial charge in [-0.1, -0.05) is 38.1 Å². The van der Waals surface area contributed by atoms with Gasteiger partial charge in [-0.2, -0.15) is 9.50 Å². The fourth-order valence-corrected chi connectivity index (χ4v) is 4.36. The number of benzene rings is 2. The highest BCUT2D eigenvalue weighted by Crippen LogP contribution is 2.40. The first-order valence-corrected chi connectivity index (χ1v) is 11.0. The van der Waals surface area contributed by atoms with Gasteiger partial charge in [-0.05, 0) is 48.9 Å². The third-order valence-corrected chi connectivity index (χ3v) is 6.52. The number of rotatable bonds is 4. The molecule has 0 bridgehead atoms. The highest BCUT2D eigenvalue weighted by molar-refractivity contribution is 7.98. The van der Waals surface area contributed by atoms with Crippen molar-refractivity contribution in [2.24, 2.45) is 4.40 Å². The van der Waals surface area contributed by atoms with Crippen LogP contribution in [0.3, 0.4) is 0 Å². The van der Waals surface area contributed by atoms with Crippen molar-refractivity contribution in [2.75, 3.05) is 10.6 Å². The molecule has 5 nitrogen and oxygen atoms in total. The van der Waals surface area contributed by atoms with Crippen LogP contribution in [0.4, 0.5) is 11.4 Å². The first-order valence-electron chi connectivity index (χ1n) is 10.2. The normalized spacial score (nSPS) is 16.0. The fraction of sp³-hybridized carbons (Fsp3) is 0.304. The van der Waals surface area contributed by atoms with Crippen LogP contribution in [0.2, 0.25) is 0 Å². The Hall–Kier alpha value is -2.73. The smallest absolute Gasteiger partial charge is 0.212 e. The second-order valence-electron chi connectivity index (χ2n) is 8.03. The van der Waals surface area contributed by atoms with Gasteiger partial charge in [0.15, 0.2) is 0 Å². The van der Waals surface area contributed by atoms with Gasteiger partial charge >= 0.3 is 0 Å². The van der Waals surface area contributed by atoms with Gasteiger partial charge in [0.1, 0.15) is 0 Å². The van der Waals surface area contributed by atoms with Gasteiger partial charge in [-0.25, -0.2) is 0 Å². The Morgan fingerprint density at radius 1 is 1.14 bits per heavy atom. The van der Waals surface area contributed by atoms with E-state index in [4.69, 9.17) is 0 Å². The second kappa shape index (κ2) is 7.59. The van der Waals surface area contributed by atoms with E-state index in [2.05, 4.69) is 87.3 Å². The Bertz CT molecular complexity index is 1050. The molecule has 6 heteroatoms. The van der Waals surface area contributed by atoms with Crippen molar-refractivity contribution in [3.8, 4) is 11.1 Å². The van der Waals surface area contributed by atoms with Crippen molar-refractivity contribution in [3.05, 3.63) is 60.4 Å². The van der Waals surface area contributed by atoms with Crippen molar-refractivity contribution in [3.63, 3.8) is 0 Å².